The molecular formula is C7H8OS. The molecule has 0 unspecified atom stereocenters. The Hall–Kier alpha value is -0.500. The minimum Gasteiger partial charge on any atom is -0.291 e. The van der Waals surface area contributed by atoms with Crippen molar-refractivity contribution < 1.29 is 4.79 Å². The summed E-state index contributed by atoms with van der Waals surface area (Å²) in [5.41, 5.74) is 0.880. The fourth-order valence-corrected chi connectivity index (χ4v) is 1.25. The molecule has 0 atom stereocenters. The zero-order chi connectivity index (χ0) is 6.53. The van der Waals surface area contributed by atoms with Crippen LogP contribution in [0.1, 0.15) is 6.42 Å². The van der Waals surface area contributed by atoms with Gasteiger partial charge in [0.25, 0.3) is 0 Å². The largest absolute Gasteiger partial charge is 0.291 e. The number of hydrogen-bond acceptors (Lipinski definition) is 2. The first kappa shape index (κ1) is 6.62. The third-order valence-electron chi connectivity index (χ3n) is 1.14. The van der Waals surface area contributed by atoms with Gasteiger partial charge >= 0.3 is 0 Å². The molecule has 1 rings (SSSR count). The fraction of sp³-hybridized carbons (Fsp3) is 0.286. The average molecular weight is 140 g/mol. The van der Waals surface area contributed by atoms with Gasteiger partial charge in [-0.25, -0.2) is 0 Å². The molecule has 0 bridgehead atoms. The maximum Gasteiger partial charge on any atom is 0.177 e. The Morgan fingerprint density at radius 1 is 1.44 bits per heavy atom. The Morgan fingerprint density at radius 3 is 2.67 bits per heavy atom. The molecule has 0 aromatic heterocycles. The topological polar surface area (TPSA) is 17.1 Å². The van der Waals surface area contributed by atoms with E-state index in [4.69, 9.17) is 0 Å². The van der Waals surface area contributed by atoms with E-state index in [9.17, 15) is 4.79 Å². The Morgan fingerprint density at radius 2 is 2.11 bits per heavy atom. The molecular weight excluding hydrogens is 132 g/mol. The van der Waals surface area contributed by atoms with Crippen molar-refractivity contribution in [3.63, 3.8) is 0 Å². The molecule has 0 heterocycles. The Balaban J connectivity index is 2.39. The summed E-state index contributed by atoms with van der Waals surface area (Å²) in [5, 5.41) is 0.288. The first-order valence-corrected chi connectivity index (χ1v) is 3.80. The second-order valence-electron chi connectivity index (χ2n) is 1.79. The molecule has 1 aliphatic rings. The summed E-state index contributed by atoms with van der Waals surface area (Å²) in [7, 11) is 0. The number of thioether (sulfide) groups is 1. The molecule has 48 valence electrons. The average Bonchev–Trinajstić information content (AvgIpc) is 1.91. The SMILES string of the molecule is O=CSC1C=CCC=C1. The van der Waals surface area contributed by atoms with Crippen LogP contribution < -0.4 is 0 Å². The maximum atomic E-state index is 9.97. The van der Waals surface area contributed by atoms with Crippen LogP contribution in [0, 0.1) is 0 Å². The van der Waals surface area contributed by atoms with Crippen molar-refractivity contribution in [2.24, 2.45) is 0 Å². The highest BCUT2D eigenvalue weighted by atomic mass is 32.2. The Kier molecular flexibility index (Phi) is 2.58. The van der Waals surface area contributed by atoms with Gasteiger partial charge in [0.2, 0.25) is 0 Å². The fourth-order valence-electron chi connectivity index (χ4n) is 0.723. The van der Waals surface area contributed by atoms with Gasteiger partial charge in [0.15, 0.2) is 5.62 Å². The standard InChI is InChI=1S/C7H8OS/c8-6-9-7-4-2-1-3-5-7/h2-7H,1H2. The molecule has 2 heteroatoms. The van der Waals surface area contributed by atoms with E-state index in [1.165, 1.54) is 11.8 Å². The molecule has 0 aliphatic heterocycles. The first-order valence-electron chi connectivity index (χ1n) is 2.86. The van der Waals surface area contributed by atoms with Crippen molar-refractivity contribution >= 4 is 17.4 Å². The third-order valence-corrected chi connectivity index (χ3v) is 1.88. The summed E-state index contributed by atoms with van der Waals surface area (Å²) in [6.45, 7) is 0. The molecule has 0 aromatic rings. The van der Waals surface area contributed by atoms with Gasteiger partial charge in [0.05, 0.1) is 0 Å². The Labute approximate surface area is 58.8 Å². The van der Waals surface area contributed by atoms with Crippen LogP contribution in [0.25, 0.3) is 0 Å². The molecule has 0 aromatic carbocycles. The van der Waals surface area contributed by atoms with E-state index in [0.717, 1.165) is 12.0 Å². The highest BCUT2D eigenvalue weighted by Crippen LogP contribution is 2.14. The van der Waals surface area contributed by atoms with Gasteiger partial charge in [-0.15, -0.1) is 0 Å². The lowest BCUT2D eigenvalue weighted by Gasteiger charge is -2.03. The number of rotatable bonds is 2. The van der Waals surface area contributed by atoms with Crippen LogP contribution in [0.2, 0.25) is 0 Å². The van der Waals surface area contributed by atoms with Crippen LogP contribution in [0.5, 0.6) is 0 Å². The summed E-state index contributed by atoms with van der Waals surface area (Å²) in [6.07, 6.45) is 9.23. The van der Waals surface area contributed by atoms with E-state index < -0.39 is 0 Å². The molecule has 0 N–H and O–H groups in total. The van der Waals surface area contributed by atoms with E-state index in [2.05, 4.69) is 12.2 Å². The van der Waals surface area contributed by atoms with E-state index in [1.54, 1.807) is 0 Å². The predicted molar refractivity (Wildman–Crippen MR) is 41.0 cm³/mol. The zero-order valence-electron chi connectivity index (χ0n) is 4.99. The van der Waals surface area contributed by atoms with Crippen LogP contribution >= 0.6 is 11.8 Å². The lowest BCUT2D eigenvalue weighted by atomic mass is 10.2. The minimum absolute atomic E-state index is 0.288. The second-order valence-corrected chi connectivity index (χ2v) is 2.80. The lowest BCUT2D eigenvalue weighted by Crippen LogP contribution is -1.94. The van der Waals surface area contributed by atoms with Crippen LogP contribution in [0.3, 0.4) is 0 Å². The Bertz CT molecular complexity index is 137. The van der Waals surface area contributed by atoms with Gasteiger partial charge in [-0.2, -0.15) is 0 Å². The van der Waals surface area contributed by atoms with Crippen molar-refractivity contribution in [2.45, 2.75) is 11.7 Å². The highest BCUT2D eigenvalue weighted by molar-refractivity contribution is 8.12. The summed E-state index contributed by atoms with van der Waals surface area (Å²) in [5.74, 6) is 0. The molecule has 0 radical (unpaired) electrons. The molecule has 0 saturated heterocycles. The summed E-state index contributed by atoms with van der Waals surface area (Å²) >= 11 is 1.30. The molecule has 0 amide bonds. The van der Waals surface area contributed by atoms with Crippen molar-refractivity contribution in [1.82, 2.24) is 0 Å². The lowest BCUT2D eigenvalue weighted by molar-refractivity contribution is 0.570. The van der Waals surface area contributed by atoms with E-state index in [-0.39, 0.29) is 5.25 Å². The maximum absolute atomic E-state index is 9.97. The van der Waals surface area contributed by atoms with Crippen LogP contribution in [0.15, 0.2) is 24.3 Å². The smallest absolute Gasteiger partial charge is 0.177 e. The molecule has 0 spiro atoms. The van der Waals surface area contributed by atoms with Crippen molar-refractivity contribution in [3.8, 4) is 0 Å². The highest BCUT2D eigenvalue weighted by Gasteiger charge is 2.00. The van der Waals surface area contributed by atoms with Gasteiger partial charge in [-0.05, 0) is 6.42 Å². The van der Waals surface area contributed by atoms with Gasteiger partial charge in [0, 0.05) is 5.25 Å². The number of carbonyl (C=O) groups is 1. The molecule has 9 heavy (non-hydrogen) atoms. The molecule has 1 aliphatic carbocycles. The van der Waals surface area contributed by atoms with Gasteiger partial charge in [-0.1, -0.05) is 36.1 Å². The quantitative estimate of drug-likeness (QED) is 0.429. The van der Waals surface area contributed by atoms with Crippen LogP contribution in [-0.4, -0.2) is 10.9 Å². The van der Waals surface area contributed by atoms with E-state index >= 15 is 0 Å². The molecule has 1 nitrogen and oxygen atoms in total. The second kappa shape index (κ2) is 3.51. The monoisotopic (exact) mass is 140 g/mol. The van der Waals surface area contributed by atoms with Crippen molar-refractivity contribution in [3.05, 3.63) is 24.3 Å². The van der Waals surface area contributed by atoms with E-state index in [0.29, 0.717) is 0 Å². The van der Waals surface area contributed by atoms with Gasteiger partial charge in [0.1, 0.15) is 0 Å². The number of hydrogen-bond donors (Lipinski definition) is 0. The third kappa shape index (κ3) is 2.06. The molecule has 0 fully saturated rings. The van der Waals surface area contributed by atoms with Gasteiger partial charge < -0.3 is 0 Å². The number of allylic oxidation sites excluding steroid dienone is 2. The number of carbonyl (C=O) groups excluding carboxylic acids is 1. The first-order chi connectivity index (χ1) is 4.43. The summed E-state index contributed by atoms with van der Waals surface area (Å²) < 4.78 is 0. The van der Waals surface area contributed by atoms with Crippen LogP contribution in [-0.2, 0) is 4.79 Å². The zero-order valence-corrected chi connectivity index (χ0v) is 5.80. The summed E-state index contributed by atoms with van der Waals surface area (Å²) in [4.78, 5) is 9.97. The van der Waals surface area contributed by atoms with Gasteiger partial charge in [-0.3, -0.25) is 4.79 Å². The van der Waals surface area contributed by atoms with E-state index in [1.807, 2.05) is 12.2 Å². The van der Waals surface area contributed by atoms with Crippen molar-refractivity contribution in [1.29, 1.82) is 0 Å². The van der Waals surface area contributed by atoms with Crippen molar-refractivity contribution in [2.75, 3.05) is 0 Å². The predicted octanol–water partition coefficient (Wildman–Crippen LogP) is 1.79. The minimum atomic E-state index is 0.288. The summed E-state index contributed by atoms with van der Waals surface area (Å²) in [6, 6.07) is 0. The normalized spacial score (nSPS) is 18.2. The molecule has 0 saturated carbocycles. The van der Waals surface area contributed by atoms with Crippen LogP contribution in [0.4, 0.5) is 0 Å².